The standard InChI is InChI=1S/C26H34F3N5O6S/c1-12(2)19(17-11-13(3)14(4)40-17)31-23-20(22(25(37)34(7)8)41(38,39)32-23)30-16-10-9-15(26(27,28)29)18(21(16)35)24(36)33(5)6/h9-12,18-19,21,30,35H,1-8H3,(H,31,32). The molecule has 3 unspecified atom stereocenters. The second kappa shape index (κ2) is 11.4. The molecule has 1 aromatic rings. The Labute approximate surface area is 236 Å². The van der Waals surface area contributed by atoms with Crippen LogP contribution in [0, 0.1) is 25.7 Å². The predicted octanol–water partition coefficient (Wildman–Crippen LogP) is 2.27. The van der Waals surface area contributed by atoms with Crippen LogP contribution in [0.15, 0.2) is 49.5 Å². The Kier molecular flexibility index (Phi) is 8.84. The van der Waals surface area contributed by atoms with Crippen molar-refractivity contribution in [3.8, 4) is 0 Å². The van der Waals surface area contributed by atoms with Gasteiger partial charge in [0.2, 0.25) is 5.91 Å². The van der Waals surface area contributed by atoms with Crippen molar-refractivity contribution in [2.24, 2.45) is 16.8 Å². The summed E-state index contributed by atoms with van der Waals surface area (Å²) in [5, 5.41) is 13.6. The maximum absolute atomic E-state index is 13.8. The fourth-order valence-electron chi connectivity index (χ4n) is 4.34. The van der Waals surface area contributed by atoms with Gasteiger partial charge in [-0.25, -0.2) is 8.42 Å². The van der Waals surface area contributed by atoms with E-state index in [1.165, 1.54) is 28.2 Å². The summed E-state index contributed by atoms with van der Waals surface area (Å²) >= 11 is 0. The van der Waals surface area contributed by atoms with Crippen molar-refractivity contribution >= 4 is 27.7 Å². The summed E-state index contributed by atoms with van der Waals surface area (Å²) in [6.45, 7) is 7.23. The molecule has 2 heterocycles. The van der Waals surface area contributed by atoms with E-state index in [4.69, 9.17) is 4.42 Å². The predicted molar refractivity (Wildman–Crippen MR) is 145 cm³/mol. The van der Waals surface area contributed by atoms with E-state index in [1.54, 1.807) is 13.0 Å². The van der Waals surface area contributed by atoms with Crippen molar-refractivity contribution in [1.82, 2.24) is 19.8 Å². The Bertz CT molecular complexity index is 1450. The smallest absolute Gasteiger partial charge is 0.413 e. The molecular weight excluding hydrogens is 567 g/mol. The third-order valence-corrected chi connectivity index (χ3v) is 8.03. The minimum atomic E-state index is -4.93. The number of alkyl halides is 3. The molecule has 0 radical (unpaired) electrons. The molecule has 2 amide bonds. The first-order valence-electron chi connectivity index (χ1n) is 12.6. The van der Waals surface area contributed by atoms with Gasteiger partial charge in [0, 0.05) is 39.5 Å². The fourth-order valence-corrected chi connectivity index (χ4v) is 5.68. The first-order valence-corrected chi connectivity index (χ1v) is 14.0. The third-order valence-electron chi connectivity index (χ3n) is 6.66. The molecule has 0 bridgehead atoms. The van der Waals surface area contributed by atoms with Gasteiger partial charge in [0.25, 0.3) is 15.9 Å². The lowest BCUT2D eigenvalue weighted by molar-refractivity contribution is -0.142. The summed E-state index contributed by atoms with van der Waals surface area (Å²) in [4.78, 5) is 31.5. The molecule has 3 rings (SSSR count). The van der Waals surface area contributed by atoms with Gasteiger partial charge >= 0.3 is 6.18 Å². The molecule has 3 N–H and O–H groups in total. The summed E-state index contributed by atoms with van der Waals surface area (Å²) in [7, 11) is 0.632. The average Bonchev–Trinajstić information content (AvgIpc) is 3.30. The highest BCUT2D eigenvalue weighted by Crippen LogP contribution is 2.39. The molecular formula is C26H34F3N5O6S. The van der Waals surface area contributed by atoms with Gasteiger partial charge in [-0.3, -0.25) is 19.3 Å². The van der Waals surface area contributed by atoms with Crippen molar-refractivity contribution < 1.29 is 40.7 Å². The number of amides is 2. The number of furan rings is 1. The summed E-state index contributed by atoms with van der Waals surface area (Å²) in [6, 6.07) is 1.03. The zero-order valence-electron chi connectivity index (χ0n) is 23.9. The molecule has 1 aromatic heterocycles. The molecule has 0 aromatic carbocycles. The summed E-state index contributed by atoms with van der Waals surface area (Å²) < 4.78 is 75.7. The summed E-state index contributed by atoms with van der Waals surface area (Å²) in [6.07, 6.45) is -5.47. The van der Waals surface area contributed by atoms with Crippen LogP contribution in [0.5, 0.6) is 0 Å². The van der Waals surface area contributed by atoms with Crippen molar-refractivity contribution in [2.45, 2.75) is 46.0 Å². The average molecular weight is 602 g/mol. The van der Waals surface area contributed by atoms with Gasteiger partial charge in [0.1, 0.15) is 29.4 Å². The minimum absolute atomic E-state index is 0.217. The van der Waals surface area contributed by atoms with Crippen LogP contribution in [0.4, 0.5) is 13.2 Å². The molecule has 0 saturated heterocycles. The maximum atomic E-state index is 13.8. The molecule has 1 aliphatic heterocycles. The van der Waals surface area contributed by atoms with Gasteiger partial charge in [-0.1, -0.05) is 19.9 Å². The zero-order valence-corrected chi connectivity index (χ0v) is 24.7. The van der Waals surface area contributed by atoms with E-state index in [1.807, 2.05) is 20.8 Å². The number of aliphatic hydroxyl groups excluding tert-OH is 1. The largest absolute Gasteiger partial charge is 0.464 e. The number of amidine groups is 1. The van der Waals surface area contributed by atoms with Crippen molar-refractivity contribution in [1.29, 1.82) is 0 Å². The van der Waals surface area contributed by atoms with Crippen LogP contribution in [0.3, 0.4) is 0 Å². The molecule has 0 saturated carbocycles. The van der Waals surface area contributed by atoms with Crippen molar-refractivity contribution in [3.05, 3.63) is 57.2 Å². The number of halogens is 3. The number of sulfonamides is 1. The molecule has 226 valence electrons. The van der Waals surface area contributed by atoms with Crippen LogP contribution < -0.4 is 10.0 Å². The van der Waals surface area contributed by atoms with Crippen LogP contribution in [-0.2, 0) is 19.6 Å². The molecule has 0 spiro atoms. The van der Waals surface area contributed by atoms with Gasteiger partial charge in [0.15, 0.2) is 10.7 Å². The van der Waals surface area contributed by atoms with E-state index in [0.29, 0.717) is 17.6 Å². The number of aryl methyl sites for hydroxylation is 2. The SMILES string of the molecule is Cc1cc(C(N=C2NS(=O)(=O)C(C(=O)N(C)C)=C2NC2=CC=C(C(F)(F)F)C(C(=O)N(C)C)C2O)C(C)C)oc1C. The molecule has 15 heteroatoms. The molecule has 1 aliphatic carbocycles. The number of aliphatic imine (C=N–C) groups is 1. The third kappa shape index (κ3) is 6.35. The summed E-state index contributed by atoms with van der Waals surface area (Å²) in [5.41, 5.74) is -1.16. The first kappa shape index (κ1) is 31.9. The van der Waals surface area contributed by atoms with Gasteiger partial charge in [-0.05, 0) is 37.5 Å². The molecule has 41 heavy (non-hydrogen) atoms. The number of aliphatic hydroxyl groups is 1. The van der Waals surface area contributed by atoms with Gasteiger partial charge in [-0.2, -0.15) is 13.2 Å². The summed E-state index contributed by atoms with van der Waals surface area (Å²) in [5.74, 6) is -3.49. The number of likely N-dealkylation sites (N-methyl/N-ethyl adjacent to an activating group) is 1. The van der Waals surface area contributed by atoms with E-state index in [-0.39, 0.29) is 23.1 Å². The molecule has 11 nitrogen and oxygen atoms in total. The quantitative estimate of drug-likeness (QED) is 0.435. The van der Waals surface area contributed by atoms with E-state index in [2.05, 4.69) is 15.0 Å². The topological polar surface area (TPSA) is 145 Å². The van der Waals surface area contributed by atoms with Gasteiger partial charge in [0.05, 0.1) is 5.92 Å². The van der Waals surface area contributed by atoms with Crippen molar-refractivity contribution in [2.75, 3.05) is 28.2 Å². The van der Waals surface area contributed by atoms with Crippen LogP contribution >= 0.6 is 0 Å². The molecule has 0 fully saturated rings. The van der Waals surface area contributed by atoms with Gasteiger partial charge in [-0.15, -0.1) is 0 Å². The van der Waals surface area contributed by atoms with E-state index >= 15 is 0 Å². The Morgan fingerprint density at radius 1 is 1.12 bits per heavy atom. The number of hydrogen-bond donors (Lipinski definition) is 3. The normalized spacial score (nSPS) is 22.3. The first-order chi connectivity index (χ1) is 18.8. The number of carbonyl (C=O) groups excluding carboxylic acids is 2. The number of allylic oxidation sites excluding steroid dienone is 2. The highest BCUT2D eigenvalue weighted by molar-refractivity contribution is 7.95. The Hall–Kier alpha value is -3.59. The van der Waals surface area contributed by atoms with E-state index in [9.17, 15) is 36.3 Å². The second-order valence-corrected chi connectivity index (χ2v) is 12.2. The van der Waals surface area contributed by atoms with Crippen LogP contribution in [0.1, 0.15) is 37.0 Å². The maximum Gasteiger partial charge on any atom is 0.413 e. The van der Waals surface area contributed by atoms with E-state index in [0.717, 1.165) is 21.4 Å². The Balaban J connectivity index is 2.23. The number of rotatable bonds is 7. The second-order valence-electron chi connectivity index (χ2n) is 10.6. The number of nitrogens with one attached hydrogen (secondary N) is 2. The van der Waals surface area contributed by atoms with Crippen molar-refractivity contribution in [3.63, 3.8) is 0 Å². The highest BCUT2D eigenvalue weighted by atomic mass is 32.2. The fraction of sp³-hybridized carbons (Fsp3) is 0.500. The van der Waals surface area contributed by atoms with Crippen LogP contribution in [0.25, 0.3) is 0 Å². The highest BCUT2D eigenvalue weighted by Gasteiger charge is 2.49. The van der Waals surface area contributed by atoms with Gasteiger partial charge < -0.3 is 24.6 Å². The molecule has 3 atom stereocenters. The number of nitrogens with zero attached hydrogens (tertiary/aromatic N) is 3. The van der Waals surface area contributed by atoms with E-state index < -0.39 is 56.6 Å². The number of hydrogen-bond acceptors (Lipinski definition) is 8. The molecule has 2 aliphatic rings. The lowest BCUT2D eigenvalue weighted by atomic mass is 9.85. The Morgan fingerprint density at radius 2 is 1.73 bits per heavy atom. The van der Waals surface area contributed by atoms with Crippen LogP contribution in [-0.4, -0.2) is 81.4 Å². The lowest BCUT2D eigenvalue weighted by Crippen LogP contribution is -2.46. The lowest BCUT2D eigenvalue weighted by Gasteiger charge is -2.32. The minimum Gasteiger partial charge on any atom is -0.464 e. The number of carbonyl (C=O) groups is 2. The zero-order chi connectivity index (χ0) is 31.2. The Morgan fingerprint density at radius 3 is 2.20 bits per heavy atom. The van der Waals surface area contributed by atoms with Crippen LogP contribution in [0.2, 0.25) is 0 Å². The monoisotopic (exact) mass is 601 g/mol.